The molecule has 0 aliphatic carbocycles. The molecule has 1 aromatic carbocycles. The molecule has 3 aromatic rings. The highest BCUT2D eigenvalue weighted by atomic mass is 16.5. The Labute approximate surface area is 108 Å². The van der Waals surface area contributed by atoms with Crippen LogP contribution in [0.1, 0.15) is 0 Å². The van der Waals surface area contributed by atoms with Gasteiger partial charge in [-0.1, -0.05) is 35.5 Å². The van der Waals surface area contributed by atoms with Gasteiger partial charge < -0.3 is 15.6 Å². The van der Waals surface area contributed by atoms with Gasteiger partial charge in [0.1, 0.15) is 11.4 Å². The van der Waals surface area contributed by atoms with Gasteiger partial charge in [0.15, 0.2) is 5.82 Å². The minimum Gasteiger partial charge on any atom is -0.383 e. The molecule has 96 valence electrons. The molecule has 7 nitrogen and oxygen atoms in total. The van der Waals surface area contributed by atoms with Gasteiger partial charge in [-0.05, 0) is 0 Å². The number of nitrogen functional groups attached to an aromatic ring is 1. The Bertz CT molecular complexity index is 687. The number of nitrogens with two attached hydrogens (primary N) is 1. The van der Waals surface area contributed by atoms with Gasteiger partial charge >= 0.3 is 0 Å². The van der Waals surface area contributed by atoms with E-state index in [0.29, 0.717) is 28.9 Å². The molecule has 0 bridgehead atoms. The number of rotatable bonds is 3. The Balaban J connectivity index is 2.04. The average Bonchev–Trinajstić information content (AvgIpc) is 3.05. The Morgan fingerprint density at radius 1 is 1.26 bits per heavy atom. The van der Waals surface area contributed by atoms with Gasteiger partial charge in [0.2, 0.25) is 5.82 Å². The summed E-state index contributed by atoms with van der Waals surface area (Å²) < 4.78 is 5.25. The zero-order valence-corrected chi connectivity index (χ0v) is 10.2. The summed E-state index contributed by atoms with van der Waals surface area (Å²) >= 11 is 0. The highest BCUT2D eigenvalue weighted by Gasteiger charge is 2.19. The number of hydrogen-bond acceptors (Lipinski definition) is 6. The highest BCUT2D eigenvalue weighted by molar-refractivity contribution is 5.79. The number of aromatic nitrogens is 4. The van der Waals surface area contributed by atoms with Crippen LogP contribution in [0.25, 0.3) is 22.8 Å². The largest absolute Gasteiger partial charge is 0.383 e. The molecule has 0 aliphatic rings. The molecule has 0 spiro atoms. The summed E-state index contributed by atoms with van der Waals surface area (Å²) in [6.45, 7) is 0. The van der Waals surface area contributed by atoms with Crippen molar-refractivity contribution in [2.45, 2.75) is 0 Å². The minimum atomic E-state index is 0.328. The van der Waals surface area contributed by atoms with Gasteiger partial charge in [0, 0.05) is 12.6 Å². The van der Waals surface area contributed by atoms with E-state index in [9.17, 15) is 0 Å². The maximum Gasteiger partial charge on any atom is 0.265 e. The lowest BCUT2D eigenvalue weighted by Crippen LogP contribution is -1.92. The van der Waals surface area contributed by atoms with E-state index >= 15 is 0 Å². The first-order chi connectivity index (χ1) is 9.29. The van der Waals surface area contributed by atoms with Crippen LogP contribution >= 0.6 is 0 Å². The van der Waals surface area contributed by atoms with Crippen LogP contribution in [0, 0.1) is 0 Å². The second kappa shape index (κ2) is 4.45. The lowest BCUT2D eigenvalue weighted by Gasteiger charge is -1.96. The monoisotopic (exact) mass is 256 g/mol. The summed E-state index contributed by atoms with van der Waals surface area (Å²) in [5.41, 5.74) is 7.27. The van der Waals surface area contributed by atoms with Crippen molar-refractivity contribution in [2.24, 2.45) is 0 Å². The van der Waals surface area contributed by atoms with Gasteiger partial charge in [-0.15, -0.1) is 0 Å². The van der Waals surface area contributed by atoms with Crippen molar-refractivity contribution >= 4 is 11.6 Å². The fourth-order valence-corrected chi connectivity index (χ4v) is 1.78. The lowest BCUT2D eigenvalue weighted by atomic mass is 10.2. The number of H-pyrrole nitrogens is 1. The van der Waals surface area contributed by atoms with Gasteiger partial charge in [-0.2, -0.15) is 10.1 Å². The topological polar surface area (TPSA) is 106 Å². The molecule has 4 N–H and O–H groups in total. The van der Waals surface area contributed by atoms with Gasteiger partial charge in [-0.3, -0.25) is 5.10 Å². The van der Waals surface area contributed by atoms with Crippen molar-refractivity contribution in [2.75, 3.05) is 18.1 Å². The summed E-state index contributed by atoms with van der Waals surface area (Å²) in [4.78, 5) is 4.33. The molecule has 7 heteroatoms. The van der Waals surface area contributed by atoms with E-state index in [0.717, 1.165) is 5.56 Å². The average molecular weight is 256 g/mol. The van der Waals surface area contributed by atoms with E-state index in [2.05, 4.69) is 25.7 Å². The maximum absolute atomic E-state index is 5.81. The Morgan fingerprint density at radius 2 is 2.05 bits per heavy atom. The maximum atomic E-state index is 5.81. The number of hydrogen-bond donors (Lipinski definition) is 3. The summed E-state index contributed by atoms with van der Waals surface area (Å²) in [7, 11) is 1.74. The second-order valence-electron chi connectivity index (χ2n) is 3.90. The van der Waals surface area contributed by atoms with Crippen molar-refractivity contribution in [3.05, 3.63) is 30.3 Å². The van der Waals surface area contributed by atoms with Crippen LogP contribution < -0.4 is 11.1 Å². The number of nitrogens with zero attached hydrogens (tertiary/aromatic N) is 3. The van der Waals surface area contributed by atoms with Gasteiger partial charge in [-0.25, -0.2) is 0 Å². The number of aromatic amines is 1. The Hall–Kier alpha value is -2.83. The summed E-state index contributed by atoms with van der Waals surface area (Å²) in [5, 5.41) is 13.5. The van der Waals surface area contributed by atoms with Crippen molar-refractivity contribution in [1.29, 1.82) is 0 Å². The predicted octanol–water partition coefficient (Wildman–Crippen LogP) is 1.75. The first-order valence-electron chi connectivity index (χ1n) is 5.70. The molecule has 0 aliphatic heterocycles. The van der Waals surface area contributed by atoms with Crippen LogP contribution in [0.4, 0.5) is 11.6 Å². The summed E-state index contributed by atoms with van der Waals surface area (Å²) in [6, 6.07) is 9.57. The first-order valence-corrected chi connectivity index (χ1v) is 5.70. The van der Waals surface area contributed by atoms with Crippen molar-refractivity contribution < 1.29 is 4.52 Å². The molecule has 0 fully saturated rings. The zero-order chi connectivity index (χ0) is 13.2. The van der Waals surface area contributed by atoms with Crippen LogP contribution in [0.5, 0.6) is 0 Å². The fourth-order valence-electron chi connectivity index (χ4n) is 1.78. The van der Waals surface area contributed by atoms with E-state index in [1.54, 1.807) is 7.05 Å². The summed E-state index contributed by atoms with van der Waals surface area (Å²) in [5.74, 6) is 1.79. The van der Waals surface area contributed by atoms with Crippen LogP contribution in [-0.2, 0) is 0 Å². The van der Waals surface area contributed by atoms with Crippen molar-refractivity contribution in [3.63, 3.8) is 0 Å². The van der Waals surface area contributed by atoms with Crippen molar-refractivity contribution in [1.82, 2.24) is 20.3 Å². The molecule has 0 atom stereocenters. The molecule has 0 amide bonds. The minimum absolute atomic E-state index is 0.328. The van der Waals surface area contributed by atoms with Crippen LogP contribution in [0.15, 0.2) is 34.9 Å². The first kappa shape index (κ1) is 11.3. The van der Waals surface area contributed by atoms with Gasteiger partial charge in [0.05, 0.1) is 0 Å². The van der Waals surface area contributed by atoms with Crippen LogP contribution in [0.2, 0.25) is 0 Å². The SMILES string of the molecule is CNc1n[nH]c(N)c1-c1nc(-c2ccccc2)no1. The molecular weight excluding hydrogens is 244 g/mol. The molecule has 2 heterocycles. The quantitative estimate of drug-likeness (QED) is 0.659. The number of benzene rings is 1. The zero-order valence-electron chi connectivity index (χ0n) is 10.2. The molecule has 2 aromatic heterocycles. The number of anilines is 2. The number of nitrogens with one attached hydrogen (secondary N) is 2. The molecule has 0 saturated carbocycles. The highest BCUT2D eigenvalue weighted by Crippen LogP contribution is 2.31. The third-order valence-corrected chi connectivity index (χ3v) is 2.70. The van der Waals surface area contributed by atoms with E-state index in [1.807, 2.05) is 30.3 Å². The van der Waals surface area contributed by atoms with E-state index in [1.165, 1.54) is 0 Å². The Kier molecular flexibility index (Phi) is 2.64. The molecule has 0 radical (unpaired) electrons. The van der Waals surface area contributed by atoms with Gasteiger partial charge in [0.25, 0.3) is 5.89 Å². The van der Waals surface area contributed by atoms with E-state index in [4.69, 9.17) is 10.3 Å². The molecular formula is C12H12N6O. The molecule has 0 saturated heterocycles. The molecule has 0 unspecified atom stereocenters. The molecule has 19 heavy (non-hydrogen) atoms. The Morgan fingerprint density at radius 3 is 2.79 bits per heavy atom. The summed E-state index contributed by atoms with van der Waals surface area (Å²) in [6.07, 6.45) is 0. The van der Waals surface area contributed by atoms with Crippen molar-refractivity contribution in [3.8, 4) is 22.8 Å². The fraction of sp³-hybridized carbons (Fsp3) is 0.0833. The van der Waals surface area contributed by atoms with E-state index in [-0.39, 0.29) is 0 Å². The smallest absolute Gasteiger partial charge is 0.265 e. The second-order valence-corrected chi connectivity index (χ2v) is 3.90. The predicted molar refractivity (Wildman–Crippen MR) is 71.3 cm³/mol. The normalized spacial score (nSPS) is 10.6. The van der Waals surface area contributed by atoms with Crippen LogP contribution in [-0.4, -0.2) is 27.4 Å². The lowest BCUT2D eigenvalue weighted by molar-refractivity contribution is 0.432. The third kappa shape index (κ3) is 1.90. The van der Waals surface area contributed by atoms with E-state index < -0.39 is 0 Å². The third-order valence-electron chi connectivity index (χ3n) is 2.70. The van der Waals surface area contributed by atoms with Crippen LogP contribution in [0.3, 0.4) is 0 Å². The molecule has 3 rings (SSSR count). The standard InChI is InChI=1S/C12H12N6O/c1-14-11-8(9(13)16-17-11)12-15-10(18-19-12)7-5-3-2-4-6-7/h2-6H,1H3,(H4,13,14,16,17).